The zero-order chi connectivity index (χ0) is 23.9. The predicted molar refractivity (Wildman–Crippen MR) is 135 cm³/mol. The number of benzene rings is 3. The molecule has 1 N–H and O–H groups in total. The third-order valence-corrected chi connectivity index (χ3v) is 5.84. The Morgan fingerprint density at radius 3 is 2.35 bits per heavy atom. The lowest BCUT2D eigenvalue weighted by Crippen LogP contribution is -2.13. The lowest BCUT2D eigenvalue weighted by Gasteiger charge is -2.10. The van der Waals surface area contributed by atoms with Gasteiger partial charge in [-0.25, -0.2) is 4.98 Å². The monoisotopic (exact) mass is 469 g/mol. The maximum absolute atomic E-state index is 12.6. The van der Waals surface area contributed by atoms with E-state index < -0.39 is 5.91 Å². The highest BCUT2D eigenvalue weighted by Crippen LogP contribution is 2.26. The molecule has 6 nitrogen and oxygen atoms in total. The van der Waals surface area contributed by atoms with Crippen LogP contribution in [0.25, 0.3) is 16.3 Å². The number of anilines is 1. The molecular formula is C27H23N3O3S. The Hall–Kier alpha value is -4.15. The summed E-state index contributed by atoms with van der Waals surface area (Å²) in [6.07, 6.45) is 1.54. The van der Waals surface area contributed by atoms with Crippen molar-refractivity contribution in [3.63, 3.8) is 0 Å². The van der Waals surface area contributed by atoms with E-state index in [2.05, 4.69) is 16.4 Å². The Bertz CT molecular complexity index is 1330. The number of carbonyl (C=O) groups is 1. The van der Waals surface area contributed by atoms with Crippen molar-refractivity contribution < 1.29 is 14.3 Å². The molecule has 1 aromatic heterocycles. The smallest absolute Gasteiger partial charge is 0.268 e. The van der Waals surface area contributed by atoms with Crippen molar-refractivity contribution in [1.29, 1.82) is 5.26 Å². The number of nitrogens with zero attached hydrogens (tertiary/aromatic N) is 2. The van der Waals surface area contributed by atoms with Gasteiger partial charge in [0, 0.05) is 0 Å². The van der Waals surface area contributed by atoms with Gasteiger partial charge in [-0.15, -0.1) is 0 Å². The zero-order valence-corrected chi connectivity index (χ0v) is 19.7. The first-order chi connectivity index (χ1) is 16.5. The molecule has 170 valence electrons. The Morgan fingerprint density at radius 2 is 1.68 bits per heavy atom. The van der Waals surface area contributed by atoms with Crippen molar-refractivity contribution in [1.82, 2.24) is 4.98 Å². The third-order valence-electron chi connectivity index (χ3n) is 4.89. The Morgan fingerprint density at radius 1 is 1.00 bits per heavy atom. The van der Waals surface area contributed by atoms with Crippen molar-refractivity contribution in [2.24, 2.45) is 0 Å². The first-order valence-corrected chi connectivity index (χ1v) is 11.5. The zero-order valence-electron chi connectivity index (χ0n) is 18.9. The van der Waals surface area contributed by atoms with Gasteiger partial charge in [-0.3, -0.25) is 10.1 Å². The van der Waals surface area contributed by atoms with Gasteiger partial charge in [0.15, 0.2) is 5.13 Å². The van der Waals surface area contributed by atoms with E-state index in [1.165, 1.54) is 17.4 Å². The number of amides is 1. The van der Waals surface area contributed by atoms with E-state index in [9.17, 15) is 10.1 Å². The molecule has 0 fully saturated rings. The summed E-state index contributed by atoms with van der Waals surface area (Å²) in [5.74, 6) is 1.01. The van der Waals surface area contributed by atoms with Gasteiger partial charge >= 0.3 is 0 Å². The van der Waals surface area contributed by atoms with E-state index in [0.29, 0.717) is 24.1 Å². The van der Waals surface area contributed by atoms with Crippen molar-refractivity contribution in [2.75, 3.05) is 18.5 Å². The van der Waals surface area contributed by atoms with Crippen LogP contribution in [0.2, 0.25) is 0 Å². The molecule has 0 aliphatic rings. The van der Waals surface area contributed by atoms with Crippen LogP contribution in [0.1, 0.15) is 16.7 Å². The van der Waals surface area contributed by atoms with Gasteiger partial charge in [0.2, 0.25) is 0 Å². The molecule has 0 aliphatic carbocycles. The number of para-hydroxylation sites is 1. The standard InChI is InChI=1S/C27H23N3O3S/c1-18-13-19(2)15-23(14-18)33-12-11-32-22-9-7-20(8-10-22)16-21(17-28)26(31)30-27-29-24-5-3-4-6-25(24)34-27/h3-10,13-16H,11-12H2,1-2H3,(H,29,30,31)/b21-16+. The second-order valence-corrected chi connectivity index (χ2v) is 8.73. The van der Waals surface area contributed by atoms with E-state index in [0.717, 1.165) is 32.7 Å². The number of thiazole rings is 1. The third kappa shape index (κ3) is 6.00. The fraction of sp³-hybridized carbons (Fsp3) is 0.148. The number of aromatic nitrogens is 1. The number of rotatable bonds is 8. The largest absolute Gasteiger partial charge is 0.490 e. The van der Waals surface area contributed by atoms with Gasteiger partial charge in [-0.05, 0) is 73.0 Å². The average molecular weight is 470 g/mol. The summed E-state index contributed by atoms with van der Waals surface area (Å²) in [6, 6.07) is 22.8. The number of carbonyl (C=O) groups excluding carboxylic acids is 1. The van der Waals surface area contributed by atoms with Crippen molar-refractivity contribution in [3.8, 4) is 17.6 Å². The summed E-state index contributed by atoms with van der Waals surface area (Å²) in [4.78, 5) is 16.9. The van der Waals surface area contributed by atoms with Crippen LogP contribution in [-0.2, 0) is 4.79 Å². The SMILES string of the molecule is Cc1cc(C)cc(OCCOc2ccc(/C=C(\C#N)C(=O)Nc3nc4ccccc4s3)cc2)c1. The van der Waals surface area contributed by atoms with Crippen LogP contribution in [0, 0.1) is 25.2 Å². The fourth-order valence-electron chi connectivity index (χ4n) is 3.40. The molecule has 0 radical (unpaired) electrons. The Balaban J connectivity index is 1.32. The average Bonchev–Trinajstić information content (AvgIpc) is 3.22. The molecule has 1 heterocycles. The predicted octanol–water partition coefficient (Wildman–Crippen LogP) is 5.92. The summed E-state index contributed by atoms with van der Waals surface area (Å²) in [7, 11) is 0. The molecule has 1 amide bonds. The first-order valence-electron chi connectivity index (χ1n) is 10.7. The molecule has 0 aliphatic heterocycles. The van der Waals surface area contributed by atoms with E-state index in [-0.39, 0.29) is 5.57 Å². The van der Waals surface area contributed by atoms with Gasteiger partial charge in [0.25, 0.3) is 5.91 Å². The molecule has 4 aromatic rings. The highest BCUT2D eigenvalue weighted by molar-refractivity contribution is 7.22. The van der Waals surface area contributed by atoms with Crippen LogP contribution in [0.4, 0.5) is 5.13 Å². The Kier molecular flexibility index (Phi) is 7.21. The topological polar surface area (TPSA) is 84.2 Å². The van der Waals surface area contributed by atoms with E-state index in [1.807, 2.05) is 56.3 Å². The van der Waals surface area contributed by atoms with Crippen molar-refractivity contribution in [3.05, 3.63) is 89.0 Å². The van der Waals surface area contributed by atoms with Gasteiger partial charge in [0.05, 0.1) is 10.2 Å². The van der Waals surface area contributed by atoms with Crippen LogP contribution in [0.15, 0.2) is 72.3 Å². The lowest BCUT2D eigenvalue weighted by atomic mass is 10.1. The maximum Gasteiger partial charge on any atom is 0.268 e. The summed E-state index contributed by atoms with van der Waals surface area (Å²) >= 11 is 1.36. The molecule has 7 heteroatoms. The summed E-state index contributed by atoms with van der Waals surface area (Å²) in [6.45, 7) is 4.90. The maximum atomic E-state index is 12.6. The van der Waals surface area contributed by atoms with Crippen molar-refractivity contribution in [2.45, 2.75) is 13.8 Å². The molecule has 0 atom stereocenters. The van der Waals surface area contributed by atoms with E-state index in [4.69, 9.17) is 9.47 Å². The number of nitrogens with one attached hydrogen (secondary N) is 1. The number of ether oxygens (including phenoxy) is 2. The van der Waals surface area contributed by atoms with Crippen molar-refractivity contribution >= 4 is 38.7 Å². The second kappa shape index (κ2) is 10.6. The number of aryl methyl sites for hydroxylation is 2. The minimum atomic E-state index is -0.495. The molecule has 0 spiro atoms. The summed E-state index contributed by atoms with van der Waals surface area (Å²) in [5.41, 5.74) is 3.83. The number of hydrogen-bond acceptors (Lipinski definition) is 6. The van der Waals surface area contributed by atoms with Gasteiger partial charge in [-0.2, -0.15) is 5.26 Å². The van der Waals surface area contributed by atoms with E-state index >= 15 is 0 Å². The normalized spacial score (nSPS) is 11.1. The molecule has 0 unspecified atom stereocenters. The minimum absolute atomic E-state index is 0.00484. The molecule has 4 rings (SSSR count). The van der Waals surface area contributed by atoms with Gasteiger partial charge in [-0.1, -0.05) is 41.7 Å². The fourth-order valence-corrected chi connectivity index (χ4v) is 4.26. The molecule has 34 heavy (non-hydrogen) atoms. The minimum Gasteiger partial charge on any atom is -0.490 e. The van der Waals surface area contributed by atoms with Crippen LogP contribution >= 0.6 is 11.3 Å². The highest BCUT2D eigenvalue weighted by atomic mass is 32.1. The number of hydrogen-bond donors (Lipinski definition) is 1. The van der Waals surface area contributed by atoms with Crippen LogP contribution in [0.5, 0.6) is 11.5 Å². The molecule has 3 aromatic carbocycles. The summed E-state index contributed by atoms with van der Waals surface area (Å²) < 4.78 is 12.5. The van der Waals surface area contributed by atoms with Crippen LogP contribution < -0.4 is 14.8 Å². The Labute approximate surface area is 202 Å². The highest BCUT2D eigenvalue weighted by Gasteiger charge is 2.12. The van der Waals surface area contributed by atoms with E-state index in [1.54, 1.807) is 24.3 Å². The van der Waals surface area contributed by atoms with Gasteiger partial charge < -0.3 is 9.47 Å². The number of nitriles is 1. The van der Waals surface area contributed by atoms with Crippen LogP contribution in [-0.4, -0.2) is 24.1 Å². The van der Waals surface area contributed by atoms with Gasteiger partial charge in [0.1, 0.15) is 36.4 Å². The molecule has 0 saturated heterocycles. The quantitative estimate of drug-likeness (QED) is 0.197. The second-order valence-electron chi connectivity index (χ2n) is 7.70. The lowest BCUT2D eigenvalue weighted by molar-refractivity contribution is -0.112. The first kappa shape index (κ1) is 23.0. The number of fused-ring (bicyclic) bond motifs is 1. The van der Waals surface area contributed by atoms with Crippen LogP contribution in [0.3, 0.4) is 0 Å². The molecule has 0 saturated carbocycles. The summed E-state index contributed by atoms with van der Waals surface area (Å²) in [5, 5.41) is 12.6. The molecule has 0 bridgehead atoms. The molecular weight excluding hydrogens is 446 g/mol.